The van der Waals surface area contributed by atoms with Gasteiger partial charge in [0.2, 0.25) is 0 Å². The molecule has 3 nitrogen and oxygen atoms in total. The summed E-state index contributed by atoms with van der Waals surface area (Å²) < 4.78 is 18.1. The lowest BCUT2D eigenvalue weighted by molar-refractivity contribution is 0.420. The van der Waals surface area contributed by atoms with Crippen LogP contribution in [-0.4, -0.2) is 11.7 Å². The third-order valence-electron chi connectivity index (χ3n) is 2.31. The Balaban J connectivity index is 2.24. The van der Waals surface area contributed by atoms with Crippen molar-refractivity contribution in [3.8, 4) is 11.3 Å². The largest absolute Gasteiger partial charge is 0.356 e. The minimum atomic E-state index is -0.369. The molecule has 0 radical (unpaired) electrons. The van der Waals surface area contributed by atoms with Crippen molar-refractivity contribution in [3.63, 3.8) is 0 Å². The van der Waals surface area contributed by atoms with Crippen LogP contribution < -0.4 is 5.32 Å². The fourth-order valence-corrected chi connectivity index (χ4v) is 1.72. The Morgan fingerprint density at radius 2 is 2.24 bits per heavy atom. The second-order valence-electron chi connectivity index (χ2n) is 3.59. The highest BCUT2D eigenvalue weighted by atomic mass is 35.5. The highest BCUT2D eigenvalue weighted by Crippen LogP contribution is 2.28. The van der Waals surface area contributed by atoms with Gasteiger partial charge in [-0.25, -0.2) is 4.39 Å². The topological polar surface area (TPSA) is 38.1 Å². The first-order valence-corrected chi connectivity index (χ1v) is 5.70. The fourth-order valence-electron chi connectivity index (χ4n) is 1.46. The summed E-state index contributed by atoms with van der Waals surface area (Å²) in [5, 5.41) is 7.36. The summed E-state index contributed by atoms with van der Waals surface area (Å²) in [5.74, 6) is 0.175. The third-order valence-corrected chi connectivity index (χ3v) is 2.62. The molecule has 1 N–H and O–H groups in total. The van der Waals surface area contributed by atoms with E-state index in [1.807, 2.05) is 6.92 Å². The van der Waals surface area contributed by atoms with Gasteiger partial charge in [-0.05, 0) is 24.7 Å². The molecule has 0 spiro atoms. The van der Waals surface area contributed by atoms with E-state index in [0.29, 0.717) is 22.9 Å². The lowest BCUT2D eigenvalue weighted by Crippen LogP contribution is -2.11. The molecule has 0 aliphatic heterocycles. The van der Waals surface area contributed by atoms with Crippen LogP contribution in [0.2, 0.25) is 5.02 Å². The molecule has 17 heavy (non-hydrogen) atoms. The van der Waals surface area contributed by atoms with E-state index >= 15 is 0 Å². The molecule has 2 aromatic rings. The van der Waals surface area contributed by atoms with E-state index in [9.17, 15) is 4.39 Å². The number of rotatable bonds is 4. The normalized spacial score (nSPS) is 10.8. The van der Waals surface area contributed by atoms with Crippen LogP contribution in [0.3, 0.4) is 0 Å². The van der Waals surface area contributed by atoms with Crippen LogP contribution >= 0.6 is 11.6 Å². The molecule has 0 amide bonds. The van der Waals surface area contributed by atoms with Gasteiger partial charge in [-0.3, -0.25) is 0 Å². The summed E-state index contributed by atoms with van der Waals surface area (Å²) in [4.78, 5) is 0. The van der Waals surface area contributed by atoms with Gasteiger partial charge in [0.25, 0.3) is 0 Å². The summed E-state index contributed by atoms with van der Waals surface area (Å²) in [6.07, 6.45) is 0. The predicted molar refractivity (Wildman–Crippen MR) is 64.3 cm³/mol. The predicted octanol–water partition coefficient (Wildman–Crippen LogP) is 3.24. The van der Waals surface area contributed by atoms with Gasteiger partial charge >= 0.3 is 0 Å². The number of hydrogen-bond acceptors (Lipinski definition) is 3. The summed E-state index contributed by atoms with van der Waals surface area (Å²) in [7, 11) is 0. The van der Waals surface area contributed by atoms with Gasteiger partial charge in [0, 0.05) is 18.2 Å². The Labute approximate surface area is 104 Å². The van der Waals surface area contributed by atoms with Gasteiger partial charge in [0.05, 0.1) is 10.7 Å². The maximum atomic E-state index is 12.9. The molecule has 0 saturated carbocycles. The molecule has 2 rings (SSSR count). The third kappa shape index (κ3) is 2.84. The van der Waals surface area contributed by atoms with Gasteiger partial charge < -0.3 is 9.84 Å². The van der Waals surface area contributed by atoms with Gasteiger partial charge in [-0.1, -0.05) is 23.7 Å². The first-order chi connectivity index (χ1) is 8.20. The van der Waals surface area contributed by atoms with E-state index in [-0.39, 0.29) is 5.82 Å². The molecule has 0 fully saturated rings. The number of hydrogen-bond donors (Lipinski definition) is 1. The fraction of sp³-hybridized carbons (Fsp3) is 0.250. The Hall–Kier alpha value is -1.39. The van der Waals surface area contributed by atoms with Gasteiger partial charge in [-0.15, -0.1) is 0 Å². The van der Waals surface area contributed by atoms with Crippen molar-refractivity contribution < 1.29 is 8.91 Å². The smallest absolute Gasteiger partial charge is 0.168 e. The van der Waals surface area contributed by atoms with Crippen LogP contribution in [0.15, 0.2) is 28.8 Å². The lowest BCUT2D eigenvalue weighted by Gasteiger charge is -1.98. The van der Waals surface area contributed by atoms with Crippen molar-refractivity contribution in [2.45, 2.75) is 13.5 Å². The average Bonchev–Trinajstić information content (AvgIpc) is 2.75. The highest BCUT2D eigenvalue weighted by molar-refractivity contribution is 6.33. The number of halogens is 2. The zero-order chi connectivity index (χ0) is 12.3. The minimum absolute atomic E-state index is 0.316. The van der Waals surface area contributed by atoms with E-state index in [4.69, 9.17) is 16.1 Å². The molecular formula is C12H12ClFN2O. The first-order valence-electron chi connectivity index (χ1n) is 5.32. The molecule has 5 heteroatoms. The van der Waals surface area contributed by atoms with Gasteiger partial charge in [0.1, 0.15) is 5.82 Å². The molecule has 0 atom stereocenters. The quantitative estimate of drug-likeness (QED) is 0.910. The summed E-state index contributed by atoms with van der Waals surface area (Å²) in [5.41, 5.74) is 1.44. The van der Waals surface area contributed by atoms with Crippen LogP contribution in [0, 0.1) is 5.82 Å². The maximum Gasteiger partial charge on any atom is 0.168 e. The van der Waals surface area contributed by atoms with Crippen LogP contribution in [0.4, 0.5) is 4.39 Å². The Kier molecular flexibility index (Phi) is 3.76. The van der Waals surface area contributed by atoms with Crippen molar-refractivity contribution in [1.82, 2.24) is 10.5 Å². The molecule has 1 heterocycles. The highest BCUT2D eigenvalue weighted by Gasteiger charge is 2.10. The molecular weight excluding hydrogens is 243 g/mol. The summed E-state index contributed by atoms with van der Waals surface area (Å²) >= 11 is 5.93. The van der Waals surface area contributed by atoms with Crippen molar-refractivity contribution in [1.29, 1.82) is 0 Å². The summed E-state index contributed by atoms with van der Waals surface area (Å²) in [6, 6.07) is 5.97. The zero-order valence-corrected chi connectivity index (χ0v) is 10.1. The van der Waals surface area contributed by atoms with Crippen LogP contribution in [0.1, 0.15) is 12.6 Å². The maximum absolute atomic E-state index is 12.9. The summed E-state index contributed by atoms with van der Waals surface area (Å²) in [6.45, 7) is 3.51. The van der Waals surface area contributed by atoms with E-state index in [1.54, 1.807) is 12.1 Å². The zero-order valence-electron chi connectivity index (χ0n) is 9.34. The molecule has 0 saturated heterocycles. The molecule has 0 unspecified atom stereocenters. The SMILES string of the molecule is CCNCc1cc(-c2ccc(F)cc2Cl)on1. The van der Waals surface area contributed by atoms with Crippen LogP contribution in [-0.2, 0) is 6.54 Å². The standard InChI is InChI=1S/C12H12ClFN2O/c1-2-15-7-9-6-12(17-16-9)10-4-3-8(14)5-11(10)13/h3-6,15H,2,7H2,1H3. The van der Waals surface area contributed by atoms with Crippen LogP contribution in [0.25, 0.3) is 11.3 Å². The number of benzene rings is 1. The average molecular weight is 255 g/mol. The second kappa shape index (κ2) is 5.29. The molecule has 1 aromatic carbocycles. The van der Waals surface area contributed by atoms with Crippen molar-refractivity contribution in [2.24, 2.45) is 0 Å². The van der Waals surface area contributed by atoms with E-state index in [1.165, 1.54) is 12.1 Å². The first kappa shape index (κ1) is 12.1. The molecule has 1 aromatic heterocycles. The Bertz CT molecular complexity index is 513. The molecule has 0 bridgehead atoms. The van der Waals surface area contributed by atoms with E-state index in [0.717, 1.165) is 12.2 Å². The second-order valence-corrected chi connectivity index (χ2v) is 3.99. The van der Waals surface area contributed by atoms with E-state index < -0.39 is 0 Å². The monoisotopic (exact) mass is 254 g/mol. The number of aromatic nitrogens is 1. The molecule has 0 aliphatic carbocycles. The Morgan fingerprint density at radius 1 is 1.41 bits per heavy atom. The van der Waals surface area contributed by atoms with E-state index in [2.05, 4.69) is 10.5 Å². The van der Waals surface area contributed by atoms with Gasteiger partial charge in [-0.2, -0.15) is 0 Å². The number of nitrogens with one attached hydrogen (secondary N) is 1. The van der Waals surface area contributed by atoms with Gasteiger partial charge in [0.15, 0.2) is 5.76 Å². The molecule has 90 valence electrons. The van der Waals surface area contributed by atoms with Crippen molar-refractivity contribution >= 4 is 11.6 Å². The van der Waals surface area contributed by atoms with Crippen molar-refractivity contribution in [3.05, 3.63) is 40.8 Å². The molecule has 0 aliphatic rings. The van der Waals surface area contributed by atoms with Crippen molar-refractivity contribution in [2.75, 3.05) is 6.54 Å². The Morgan fingerprint density at radius 3 is 2.94 bits per heavy atom. The van der Waals surface area contributed by atoms with Crippen LogP contribution in [0.5, 0.6) is 0 Å². The lowest BCUT2D eigenvalue weighted by atomic mass is 10.1. The number of nitrogens with zero attached hydrogens (tertiary/aromatic N) is 1. The minimum Gasteiger partial charge on any atom is -0.356 e.